The van der Waals surface area contributed by atoms with Gasteiger partial charge in [0.25, 0.3) is 0 Å². The predicted octanol–water partition coefficient (Wildman–Crippen LogP) is 2.78. The van der Waals surface area contributed by atoms with Gasteiger partial charge >= 0.3 is 99.8 Å². The molecule has 0 radical (unpaired) electrons. The van der Waals surface area contributed by atoms with E-state index < -0.39 is 42.3 Å². The molecule has 0 bridgehead atoms. The Hall–Kier alpha value is 1.06. The fraction of sp³-hybridized carbons (Fsp3) is 0.500. The predicted molar refractivity (Wildman–Crippen MR) is 72.4 cm³/mol. The zero-order chi connectivity index (χ0) is 11.0. The van der Waals surface area contributed by atoms with E-state index in [1.165, 1.54) is 0 Å². The average Bonchev–Trinajstić information content (AvgIpc) is 2.01. The van der Waals surface area contributed by atoms with Crippen LogP contribution in [-0.4, -0.2) is 42.3 Å². The van der Waals surface area contributed by atoms with Gasteiger partial charge in [-0.1, -0.05) is 0 Å². The van der Waals surface area contributed by atoms with Crippen molar-refractivity contribution in [3.63, 3.8) is 0 Å². The summed E-state index contributed by atoms with van der Waals surface area (Å²) >= 11 is -3.83. The second kappa shape index (κ2) is 4.51. The van der Waals surface area contributed by atoms with Crippen LogP contribution < -0.4 is 6.25 Å². The van der Waals surface area contributed by atoms with Crippen LogP contribution in [0.3, 0.4) is 0 Å². The van der Waals surface area contributed by atoms with Gasteiger partial charge in [0.2, 0.25) is 0 Å². The topological polar surface area (TPSA) is 0 Å². The monoisotopic (exact) mass is 582 g/mol. The standard InChI is InChI=1S/C6H4.6CH3.2Pb/c1-2-4-6-5-3-1;;;;;;;;/h1-2,5-6H;6*1H3;;. The SMILES string of the molecule is [CH3][Pb]([CH3])([CH3])[c]1cc[c]([Pb]([CH3])([CH3])[CH3])cc1. The van der Waals surface area contributed by atoms with Gasteiger partial charge in [-0.2, -0.15) is 0 Å². The Kier molecular flexibility index (Phi) is 4.23. The Morgan fingerprint density at radius 2 is 0.786 bits per heavy atom. The molecule has 0 atom stereocenters. The zero-order valence-corrected chi connectivity index (χ0v) is 18.1. The van der Waals surface area contributed by atoms with Crippen molar-refractivity contribution in [1.82, 2.24) is 0 Å². The fourth-order valence-electron chi connectivity index (χ4n) is 1.47. The van der Waals surface area contributed by atoms with Crippen LogP contribution in [0.15, 0.2) is 24.3 Å². The van der Waals surface area contributed by atoms with Crippen molar-refractivity contribution in [3.05, 3.63) is 24.3 Å². The van der Waals surface area contributed by atoms with Gasteiger partial charge in [-0.15, -0.1) is 0 Å². The van der Waals surface area contributed by atoms with Crippen LogP contribution in [-0.2, 0) is 0 Å². The van der Waals surface area contributed by atoms with Crippen LogP contribution in [0.2, 0.25) is 26.9 Å². The van der Waals surface area contributed by atoms with Crippen molar-refractivity contribution in [2.45, 2.75) is 26.9 Å². The zero-order valence-electron chi connectivity index (χ0n) is 10.3. The number of hydrogen-bond acceptors (Lipinski definition) is 0. The van der Waals surface area contributed by atoms with Crippen molar-refractivity contribution < 1.29 is 0 Å². The minimum absolute atomic E-state index is 1.67. The van der Waals surface area contributed by atoms with E-state index in [-0.39, 0.29) is 0 Å². The quantitative estimate of drug-likeness (QED) is 0.473. The van der Waals surface area contributed by atoms with Crippen LogP contribution in [0.25, 0.3) is 0 Å². The normalized spacial score (nSPS) is 13.0. The molecule has 0 heterocycles. The van der Waals surface area contributed by atoms with E-state index in [9.17, 15) is 0 Å². The summed E-state index contributed by atoms with van der Waals surface area (Å²) in [5.74, 6) is 0. The third kappa shape index (κ3) is 3.57. The average molecular weight is 581 g/mol. The second-order valence-corrected chi connectivity index (χ2v) is 45.6. The van der Waals surface area contributed by atoms with Gasteiger partial charge in [0.15, 0.2) is 0 Å². The van der Waals surface area contributed by atoms with E-state index in [2.05, 4.69) is 51.2 Å². The summed E-state index contributed by atoms with van der Waals surface area (Å²) in [5.41, 5.74) is 0. The van der Waals surface area contributed by atoms with Crippen LogP contribution >= 0.6 is 0 Å². The molecule has 0 N–H and O–H groups in total. The van der Waals surface area contributed by atoms with Gasteiger partial charge in [-0.05, 0) is 0 Å². The molecule has 0 aliphatic carbocycles. The first-order valence-corrected chi connectivity index (χ1v) is 32.5. The first-order valence-electron chi connectivity index (χ1n) is 5.32. The Morgan fingerprint density at radius 3 is 0.929 bits per heavy atom. The van der Waals surface area contributed by atoms with Gasteiger partial charge in [0, 0.05) is 0 Å². The number of benzene rings is 1. The van der Waals surface area contributed by atoms with E-state index in [0.29, 0.717) is 0 Å². The van der Waals surface area contributed by atoms with Crippen LogP contribution in [0.4, 0.5) is 0 Å². The van der Waals surface area contributed by atoms with E-state index in [4.69, 9.17) is 0 Å². The Bertz CT molecular complexity index is 266. The van der Waals surface area contributed by atoms with Crippen molar-refractivity contribution in [3.8, 4) is 0 Å². The van der Waals surface area contributed by atoms with Crippen molar-refractivity contribution >= 4 is 48.6 Å². The summed E-state index contributed by atoms with van der Waals surface area (Å²) in [6.07, 6.45) is 0. The fourth-order valence-corrected chi connectivity index (χ4v) is 10.5. The molecule has 0 aromatic heterocycles. The molecular formula is C12H22Pb2. The Morgan fingerprint density at radius 1 is 0.571 bits per heavy atom. The first-order chi connectivity index (χ1) is 6.21. The molecule has 0 saturated carbocycles. The maximum absolute atomic E-state index is 2.49. The van der Waals surface area contributed by atoms with Crippen molar-refractivity contribution in [2.24, 2.45) is 0 Å². The summed E-state index contributed by atoms with van der Waals surface area (Å²) in [6.45, 7) is 0. The summed E-state index contributed by atoms with van der Waals surface area (Å²) in [5, 5.41) is 0. The number of rotatable bonds is 2. The van der Waals surface area contributed by atoms with E-state index in [0.717, 1.165) is 0 Å². The molecule has 0 aliphatic heterocycles. The third-order valence-corrected chi connectivity index (χ3v) is 18.7. The van der Waals surface area contributed by atoms with Gasteiger partial charge < -0.3 is 0 Å². The third-order valence-electron chi connectivity index (χ3n) is 2.62. The van der Waals surface area contributed by atoms with Gasteiger partial charge in [-0.3, -0.25) is 0 Å². The summed E-state index contributed by atoms with van der Waals surface area (Å²) in [4.78, 5) is 0. The summed E-state index contributed by atoms with van der Waals surface area (Å²) in [7, 11) is 0. The summed E-state index contributed by atoms with van der Waals surface area (Å²) in [6, 6.07) is 9.62. The molecule has 2 heteroatoms. The molecule has 0 amide bonds. The molecule has 78 valence electrons. The van der Waals surface area contributed by atoms with Crippen LogP contribution in [0, 0.1) is 0 Å². The molecule has 1 rings (SSSR count). The molecule has 0 nitrogen and oxygen atoms in total. The summed E-state index contributed by atoms with van der Waals surface area (Å²) < 4.78 is 18.3. The van der Waals surface area contributed by atoms with E-state index in [1.54, 1.807) is 6.25 Å². The minimum atomic E-state index is -1.92. The molecule has 14 heavy (non-hydrogen) atoms. The molecule has 1 aromatic carbocycles. The van der Waals surface area contributed by atoms with Crippen LogP contribution in [0.5, 0.6) is 0 Å². The molecule has 0 saturated heterocycles. The van der Waals surface area contributed by atoms with Crippen molar-refractivity contribution in [1.29, 1.82) is 0 Å². The van der Waals surface area contributed by atoms with Gasteiger partial charge in [0.1, 0.15) is 0 Å². The molecule has 0 unspecified atom stereocenters. The van der Waals surface area contributed by atoms with E-state index >= 15 is 0 Å². The van der Waals surface area contributed by atoms with Gasteiger partial charge in [-0.25, -0.2) is 0 Å². The van der Waals surface area contributed by atoms with Gasteiger partial charge in [0.05, 0.1) is 0 Å². The Labute approximate surface area is 98.4 Å². The number of hydrogen-bond donors (Lipinski definition) is 0. The molecule has 0 spiro atoms. The molecule has 0 aliphatic rings. The van der Waals surface area contributed by atoms with Crippen LogP contribution in [0.1, 0.15) is 0 Å². The molecule has 0 fully saturated rings. The second-order valence-electron chi connectivity index (χ2n) is 6.08. The van der Waals surface area contributed by atoms with Crippen molar-refractivity contribution in [2.75, 3.05) is 0 Å². The Balaban J connectivity index is 3.02. The maximum atomic E-state index is 2.49. The molecular weight excluding hydrogens is 559 g/mol. The van der Waals surface area contributed by atoms with E-state index in [1.807, 2.05) is 0 Å². The first kappa shape index (κ1) is 13.1. The molecule has 1 aromatic rings.